The molecule has 12 rings (SSSR count). The molecule has 0 bridgehead atoms. The fourth-order valence-electron chi connectivity index (χ4n) is 13.6. The lowest BCUT2D eigenvalue weighted by molar-refractivity contribution is -0.384. The van der Waals surface area contributed by atoms with Crippen molar-refractivity contribution in [1.82, 2.24) is 39.6 Å². The first-order valence-corrected chi connectivity index (χ1v) is 32.9. The number of hydrogen-bond donors (Lipinski definition) is 4. The summed E-state index contributed by atoms with van der Waals surface area (Å²) in [7, 11) is -4.65. The molecular weight excluding hydrogens is 1190 g/mol. The Kier molecular flexibility index (Phi) is 18.0. The van der Waals surface area contributed by atoms with E-state index in [0.29, 0.717) is 72.1 Å². The maximum atomic E-state index is 14.2. The summed E-state index contributed by atoms with van der Waals surface area (Å²) < 4.78 is 42.7. The number of piperidine rings is 1. The molecule has 472 valence electrons. The third-order valence-corrected chi connectivity index (χ3v) is 20.3. The van der Waals surface area contributed by atoms with E-state index < -0.39 is 43.4 Å². The molecule has 5 amide bonds. The van der Waals surface area contributed by atoms with Crippen LogP contribution in [0.3, 0.4) is 0 Å². The van der Waals surface area contributed by atoms with Gasteiger partial charge in [-0.1, -0.05) is 49.2 Å². The molecule has 4 aliphatic heterocycles. The summed E-state index contributed by atoms with van der Waals surface area (Å²) in [6.45, 7) is 11.8. The number of anilines is 2. The second kappa shape index (κ2) is 26.2. The third-order valence-electron chi connectivity index (χ3n) is 18.7. The van der Waals surface area contributed by atoms with Crippen LogP contribution in [-0.4, -0.2) is 157 Å². The molecule has 2 aliphatic carbocycles. The Morgan fingerprint density at radius 2 is 1.64 bits per heavy atom. The number of imide groups is 1. The standard InChI is InChI=1S/C66H74ClN11O11S/c1-66(2)23-20-45(53(37-66)43-8-10-46(67)11-9-43)40-73-25-27-75(28-26-73)48-14-16-52(59(35-48)89-49-34-44-21-24-68-62(44)70-39-49)63(81)72-90(86,87)50-15-17-55(57(36-50)78(84)85)69-38-42-6-12-47(13-7-42)74-29-31-76(32-30-74)61(80)22-33-88-58-5-3-4-51-54(58)41-77(65(51)83)56-18-19-60(79)71-64(56)82/h3-5,8-11,14-17,21,24,34-36,39,42,47,56,69H,6-7,12-13,18-20,22-23,25-33,37-38,40-41H2,1-2H3,(H,68,70)(H,72,81)(H,71,79,82). The maximum Gasteiger partial charge on any atom is 0.293 e. The Labute approximate surface area is 527 Å². The Hall–Kier alpha value is -8.38. The molecule has 4 N–H and O–H groups in total. The van der Waals surface area contributed by atoms with E-state index in [1.165, 1.54) is 46.0 Å². The van der Waals surface area contributed by atoms with Gasteiger partial charge in [-0.2, -0.15) is 0 Å². The quantitative estimate of drug-likeness (QED) is 0.0335. The molecule has 6 aliphatic rings. The highest BCUT2D eigenvalue weighted by atomic mass is 35.5. The normalized spacial score (nSPS) is 20.9. The number of nitrogens with zero attached hydrogens (tertiary/aromatic N) is 7. The Balaban J connectivity index is 0.626. The molecule has 4 fully saturated rings. The molecule has 1 atom stereocenters. The predicted octanol–water partition coefficient (Wildman–Crippen LogP) is 9.17. The zero-order valence-electron chi connectivity index (χ0n) is 50.5. The number of carbonyl (C=O) groups excluding carboxylic acids is 5. The van der Waals surface area contributed by atoms with Crippen molar-refractivity contribution in [3.63, 3.8) is 0 Å². The van der Waals surface area contributed by atoms with Crippen LogP contribution < -0.4 is 29.7 Å². The predicted molar refractivity (Wildman–Crippen MR) is 340 cm³/mol. The van der Waals surface area contributed by atoms with E-state index in [0.717, 1.165) is 94.8 Å². The Morgan fingerprint density at radius 3 is 2.40 bits per heavy atom. The summed E-state index contributed by atoms with van der Waals surface area (Å²) in [6.07, 6.45) is 10.5. The summed E-state index contributed by atoms with van der Waals surface area (Å²) in [4.78, 5) is 94.5. The van der Waals surface area contributed by atoms with Gasteiger partial charge in [-0.25, -0.2) is 18.1 Å². The van der Waals surface area contributed by atoms with Crippen molar-refractivity contribution in [3.8, 4) is 17.2 Å². The zero-order chi connectivity index (χ0) is 62.8. The monoisotopic (exact) mass is 1260 g/mol. The van der Waals surface area contributed by atoms with Gasteiger partial charge < -0.3 is 34.5 Å². The number of aromatic amines is 1. The van der Waals surface area contributed by atoms with E-state index in [1.807, 2.05) is 23.1 Å². The number of piperazine rings is 2. The largest absolute Gasteiger partial charge is 0.493 e. The minimum atomic E-state index is -4.65. The van der Waals surface area contributed by atoms with Crippen LogP contribution in [0, 0.1) is 21.4 Å². The van der Waals surface area contributed by atoms with Gasteiger partial charge in [0.1, 0.15) is 34.6 Å². The third kappa shape index (κ3) is 13.8. The minimum Gasteiger partial charge on any atom is -0.493 e. The van der Waals surface area contributed by atoms with Gasteiger partial charge >= 0.3 is 0 Å². The highest BCUT2D eigenvalue weighted by Gasteiger charge is 2.41. The molecule has 2 aromatic heterocycles. The van der Waals surface area contributed by atoms with Gasteiger partial charge in [0.05, 0.1) is 41.2 Å². The van der Waals surface area contributed by atoms with Crippen LogP contribution in [0.2, 0.25) is 5.02 Å². The minimum absolute atomic E-state index is 0.0253. The highest BCUT2D eigenvalue weighted by molar-refractivity contribution is 7.90. The summed E-state index contributed by atoms with van der Waals surface area (Å²) in [6, 6.07) is 25.1. The van der Waals surface area contributed by atoms with Crippen LogP contribution in [0.25, 0.3) is 16.6 Å². The van der Waals surface area contributed by atoms with Gasteiger partial charge in [0.2, 0.25) is 17.7 Å². The first-order chi connectivity index (χ1) is 43.3. The SMILES string of the molecule is CC1(C)CCC(CN2CCN(c3ccc(C(=O)NS(=O)(=O)c4ccc(NCC5CCC(N6CCN(C(=O)CCOc7cccc8c7CN(C7CCC(=O)NC7=O)C8=O)CC6)CC5)c([N+](=O)[O-])c4)c(Oc4cnc5[nH]ccc5c4)c3)CC2)=C(c2ccc(Cl)cc2)C1. The maximum absolute atomic E-state index is 14.2. The number of sulfonamides is 1. The lowest BCUT2D eigenvalue weighted by Crippen LogP contribution is -2.52. The molecule has 90 heavy (non-hydrogen) atoms. The van der Waals surface area contributed by atoms with Crippen molar-refractivity contribution >= 4 is 84.8 Å². The number of nitro benzene ring substituents is 1. The van der Waals surface area contributed by atoms with Crippen LogP contribution in [0.1, 0.15) is 110 Å². The van der Waals surface area contributed by atoms with E-state index >= 15 is 0 Å². The first-order valence-electron chi connectivity index (χ1n) is 31.0. The molecule has 1 unspecified atom stereocenters. The molecule has 6 heterocycles. The fraction of sp³-hybridized carbons (Fsp3) is 0.424. The van der Waals surface area contributed by atoms with Crippen molar-refractivity contribution in [2.75, 3.05) is 82.3 Å². The fourth-order valence-corrected chi connectivity index (χ4v) is 14.7. The number of H-pyrrole nitrogens is 1. The molecule has 3 saturated heterocycles. The van der Waals surface area contributed by atoms with Crippen LogP contribution in [0.4, 0.5) is 17.1 Å². The number of fused-ring (bicyclic) bond motifs is 2. The molecule has 6 aromatic rings. The summed E-state index contributed by atoms with van der Waals surface area (Å²) in [5.74, 6) is -1.00. The number of rotatable bonds is 19. The van der Waals surface area contributed by atoms with Gasteiger partial charge in [0, 0.05) is 123 Å². The summed E-state index contributed by atoms with van der Waals surface area (Å²) >= 11 is 6.28. The van der Waals surface area contributed by atoms with Gasteiger partial charge in [-0.15, -0.1) is 0 Å². The first kappa shape index (κ1) is 61.8. The number of benzene rings is 4. The van der Waals surface area contributed by atoms with E-state index in [1.54, 1.807) is 42.6 Å². The molecule has 4 aromatic carbocycles. The summed E-state index contributed by atoms with van der Waals surface area (Å²) in [5.41, 5.74) is 6.45. The second-order valence-electron chi connectivity index (χ2n) is 25.2. The topological polar surface area (TPSA) is 262 Å². The number of hydrogen-bond acceptors (Lipinski definition) is 16. The van der Waals surface area contributed by atoms with Crippen LogP contribution in [0.5, 0.6) is 17.2 Å². The lowest BCUT2D eigenvalue weighted by atomic mass is 9.72. The van der Waals surface area contributed by atoms with Crippen molar-refractivity contribution < 1.29 is 46.8 Å². The molecule has 22 nitrogen and oxygen atoms in total. The number of allylic oxidation sites excluding steroid dienone is 1. The van der Waals surface area contributed by atoms with Crippen molar-refractivity contribution in [2.24, 2.45) is 11.3 Å². The smallest absolute Gasteiger partial charge is 0.293 e. The average Bonchev–Trinajstić information content (AvgIpc) is 1.80. The number of ether oxygens (including phenoxy) is 2. The van der Waals surface area contributed by atoms with Crippen LogP contribution in [-0.2, 0) is 31.0 Å². The van der Waals surface area contributed by atoms with E-state index in [9.17, 15) is 42.5 Å². The van der Waals surface area contributed by atoms with E-state index in [2.05, 4.69) is 66.0 Å². The van der Waals surface area contributed by atoms with E-state index in [4.69, 9.17) is 21.1 Å². The lowest BCUT2D eigenvalue weighted by Gasteiger charge is -2.42. The number of carbonyl (C=O) groups is 5. The molecule has 0 radical (unpaired) electrons. The van der Waals surface area contributed by atoms with Gasteiger partial charge in [-0.05, 0) is 134 Å². The van der Waals surface area contributed by atoms with Crippen molar-refractivity contribution in [2.45, 2.75) is 102 Å². The van der Waals surface area contributed by atoms with Gasteiger partial charge in [-0.3, -0.25) is 49.2 Å². The molecule has 1 saturated carbocycles. The Morgan fingerprint density at radius 1 is 0.867 bits per heavy atom. The van der Waals surface area contributed by atoms with Gasteiger partial charge in [0.15, 0.2) is 0 Å². The Bertz CT molecular complexity index is 3910. The highest BCUT2D eigenvalue weighted by Crippen LogP contribution is 2.44. The van der Waals surface area contributed by atoms with Gasteiger partial charge in [0.25, 0.3) is 27.5 Å². The number of halogens is 1. The van der Waals surface area contributed by atoms with Crippen molar-refractivity contribution in [1.29, 1.82) is 0 Å². The zero-order valence-corrected chi connectivity index (χ0v) is 52.1. The molecule has 24 heteroatoms. The summed E-state index contributed by atoms with van der Waals surface area (Å²) in [5, 5.41) is 19.6. The van der Waals surface area contributed by atoms with Crippen LogP contribution >= 0.6 is 11.6 Å². The van der Waals surface area contributed by atoms with Crippen molar-refractivity contribution in [3.05, 3.63) is 146 Å². The number of pyridine rings is 1. The average molecular weight is 1260 g/mol. The number of nitrogens with one attached hydrogen (secondary N) is 4. The molecule has 0 spiro atoms. The number of amides is 5. The second-order valence-corrected chi connectivity index (χ2v) is 27.3. The molecular formula is C66H74ClN11O11S. The van der Waals surface area contributed by atoms with Crippen LogP contribution in [0.15, 0.2) is 114 Å². The van der Waals surface area contributed by atoms with E-state index in [-0.39, 0.29) is 78.5 Å². The number of nitro groups is 1. The number of aromatic nitrogens is 2.